The quantitative estimate of drug-likeness (QED) is 0.388. The van der Waals surface area contributed by atoms with Gasteiger partial charge in [0.25, 0.3) is 0 Å². The fourth-order valence-corrected chi connectivity index (χ4v) is 4.83. The molecule has 2 fully saturated rings. The van der Waals surface area contributed by atoms with Crippen molar-refractivity contribution in [3.63, 3.8) is 0 Å². The largest absolute Gasteiger partial charge is 0.378 e. The molecule has 0 bridgehead atoms. The van der Waals surface area contributed by atoms with E-state index in [1.807, 2.05) is 0 Å². The standard InChI is InChI=1S/C22H42O/c1-3-5-6-7-19-8-10-20(11-9-19)12-13-21-14-16-22(17-15-21)23-18-4-2/h19-22H,3-18H2,1-2H3. The zero-order valence-corrected chi connectivity index (χ0v) is 16.0. The summed E-state index contributed by atoms with van der Waals surface area (Å²) in [5.74, 6) is 3.15. The lowest BCUT2D eigenvalue weighted by Gasteiger charge is -2.32. The van der Waals surface area contributed by atoms with Gasteiger partial charge >= 0.3 is 0 Å². The molecule has 0 atom stereocenters. The second-order valence-corrected chi connectivity index (χ2v) is 8.47. The molecule has 2 aliphatic rings. The maximum Gasteiger partial charge on any atom is 0.0575 e. The number of hydrogen-bond donors (Lipinski definition) is 0. The predicted octanol–water partition coefficient (Wildman–Crippen LogP) is 7.14. The van der Waals surface area contributed by atoms with Gasteiger partial charge in [-0.2, -0.15) is 0 Å². The van der Waals surface area contributed by atoms with Crippen molar-refractivity contribution in [2.45, 2.75) is 116 Å². The van der Waals surface area contributed by atoms with Gasteiger partial charge in [0.05, 0.1) is 6.10 Å². The summed E-state index contributed by atoms with van der Waals surface area (Å²) in [6, 6.07) is 0. The van der Waals surface area contributed by atoms with Crippen LogP contribution in [0.5, 0.6) is 0 Å². The van der Waals surface area contributed by atoms with Crippen molar-refractivity contribution in [2.75, 3.05) is 6.61 Å². The van der Waals surface area contributed by atoms with Crippen molar-refractivity contribution < 1.29 is 4.74 Å². The van der Waals surface area contributed by atoms with Crippen molar-refractivity contribution in [2.24, 2.45) is 17.8 Å². The summed E-state index contributed by atoms with van der Waals surface area (Å²) in [7, 11) is 0. The van der Waals surface area contributed by atoms with Crippen LogP contribution in [-0.2, 0) is 4.74 Å². The van der Waals surface area contributed by atoms with Crippen molar-refractivity contribution in [1.29, 1.82) is 0 Å². The molecule has 0 aromatic heterocycles. The predicted molar refractivity (Wildman–Crippen MR) is 101 cm³/mol. The molecule has 2 aliphatic carbocycles. The average molecular weight is 323 g/mol. The normalized spacial score (nSPS) is 32.1. The molecular weight excluding hydrogens is 280 g/mol. The second-order valence-electron chi connectivity index (χ2n) is 8.47. The van der Waals surface area contributed by atoms with Crippen LogP contribution >= 0.6 is 0 Å². The summed E-state index contributed by atoms with van der Waals surface area (Å²) >= 11 is 0. The minimum absolute atomic E-state index is 0.588. The molecule has 0 aromatic rings. The first-order valence-corrected chi connectivity index (χ1v) is 10.9. The molecular formula is C22H42O. The van der Waals surface area contributed by atoms with Gasteiger partial charge in [-0.15, -0.1) is 0 Å². The van der Waals surface area contributed by atoms with E-state index in [-0.39, 0.29) is 0 Å². The first-order chi connectivity index (χ1) is 11.3. The Balaban J connectivity index is 1.51. The van der Waals surface area contributed by atoms with Crippen LogP contribution in [0.25, 0.3) is 0 Å². The smallest absolute Gasteiger partial charge is 0.0575 e. The number of rotatable bonds is 10. The molecule has 1 nitrogen and oxygen atoms in total. The lowest BCUT2D eigenvalue weighted by atomic mass is 9.76. The van der Waals surface area contributed by atoms with Crippen molar-refractivity contribution in [1.82, 2.24) is 0 Å². The van der Waals surface area contributed by atoms with E-state index < -0.39 is 0 Å². The summed E-state index contributed by atoms with van der Waals surface area (Å²) in [5, 5.41) is 0. The van der Waals surface area contributed by atoms with Crippen LogP contribution in [0, 0.1) is 17.8 Å². The van der Waals surface area contributed by atoms with E-state index in [9.17, 15) is 0 Å². The van der Waals surface area contributed by atoms with Gasteiger partial charge in [-0.25, -0.2) is 0 Å². The van der Waals surface area contributed by atoms with Gasteiger partial charge in [-0.05, 0) is 49.9 Å². The first-order valence-electron chi connectivity index (χ1n) is 10.9. The van der Waals surface area contributed by atoms with E-state index in [1.165, 1.54) is 96.3 Å². The summed E-state index contributed by atoms with van der Waals surface area (Å²) in [6.45, 7) is 5.50. The summed E-state index contributed by atoms with van der Waals surface area (Å²) in [6.07, 6.45) is 22.3. The van der Waals surface area contributed by atoms with E-state index >= 15 is 0 Å². The van der Waals surface area contributed by atoms with E-state index in [4.69, 9.17) is 4.74 Å². The van der Waals surface area contributed by atoms with E-state index in [0.29, 0.717) is 6.10 Å². The third-order valence-corrected chi connectivity index (χ3v) is 6.52. The van der Waals surface area contributed by atoms with E-state index in [1.54, 1.807) is 0 Å². The highest BCUT2D eigenvalue weighted by Gasteiger charge is 2.24. The lowest BCUT2D eigenvalue weighted by Crippen LogP contribution is -2.23. The summed E-state index contributed by atoms with van der Waals surface area (Å²) in [4.78, 5) is 0. The molecule has 0 amide bonds. The maximum atomic E-state index is 5.93. The fraction of sp³-hybridized carbons (Fsp3) is 1.00. The molecule has 0 spiro atoms. The Kier molecular flexibility index (Phi) is 9.65. The summed E-state index contributed by atoms with van der Waals surface area (Å²) in [5.41, 5.74) is 0. The summed E-state index contributed by atoms with van der Waals surface area (Å²) < 4.78 is 5.93. The van der Waals surface area contributed by atoms with Crippen LogP contribution in [0.2, 0.25) is 0 Å². The van der Waals surface area contributed by atoms with Crippen LogP contribution in [-0.4, -0.2) is 12.7 Å². The third-order valence-electron chi connectivity index (χ3n) is 6.52. The molecule has 0 heterocycles. The Morgan fingerprint density at radius 3 is 1.65 bits per heavy atom. The minimum atomic E-state index is 0.588. The highest BCUT2D eigenvalue weighted by atomic mass is 16.5. The monoisotopic (exact) mass is 322 g/mol. The fourth-order valence-electron chi connectivity index (χ4n) is 4.83. The zero-order valence-electron chi connectivity index (χ0n) is 16.0. The van der Waals surface area contributed by atoms with Crippen molar-refractivity contribution in [3.05, 3.63) is 0 Å². The highest BCUT2D eigenvalue weighted by molar-refractivity contribution is 4.77. The second kappa shape index (κ2) is 11.5. The maximum absolute atomic E-state index is 5.93. The zero-order chi connectivity index (χ0) is 16.3. The number of unbranched alkanes of at least 4 members (excludes halogenated alkanes) is 2. The Bertz CT molecular complexity index is 272. The topological polar surface area (TPSA) is 9.23 Å². The van der Waals surface area contributed by atoms with Gasteiger partial charge in [0, 0.05) is 6.61 Å². The van der Waals surface area contributed by atoms with Crippen LogP contribution in [0.15, 0.2) is 0 Å². The molecule has 23 heavy (non-hydrogen) atoms. The van der Waals surface area contributed by atoms with E-state index in [2.05, 4.69) is 13.8 Å². The van der Waals surface area contributed by atoms with Gasteiger partial charge in [0.15, 0.2) is 0 Å². The van der Waals surface area contributed by atoms with Crippen LogP contribution in [0.4, 0.5) is 0 Å². The molecule has 136 valence electrons. The number of ether oxygens (including phenoxy) is 1. The van der Waals surface area contributed by atoms with Crippen molar-refractivity contribution in [3.8, 4) is 0 Å². The molecule has 2 rings (SSSR count). The Morgan fingerprint density at radius 1 is 0.609 bits per heavy atom. The van der Waals surface area contributed by atoms with Crippen LogP contribution < -0.4 is 0 Å². The van der Waals surface area contributed by atoms with Gasteiger partial charge < -0.3 is 4.74 Å². The minimum Gasteiger partial charge on any atom is -0.378 e. The van der Waals surface area contributed by atoms with Gasteiger partial charge in [0.2, 0.25) is 0 Å². The molecule has 0 N–H and O–H groups in total. The molecule has 0 saturated heterocycles. The number of hydrogen-bond acceptors (Lipinski definition) is 1. The van der Waals surface area contributed by atoms with Gasteiger partial charge in [-0.3, -0.25) is 0 Å². The molecule has 1 heteroatoms. The first kappa shape index (κ1) is 19.3. The lowest BCUT2D eigenvalue weighted by molar-refractivity contribution is 0.0167. The van der Waals surface area contributed by atoms with Gasteiger partial charge in [-0.1, -0.05) is 78.1 Å². The van der Waals surface area contributed by atoms with Crippen LogP contribution in [0.3, 0.4) is 0 Å². The van der Waals surface area contributed by atoms with Crippen molar-refractivity contribution >= 4 is 0 Å². The Labute approximate surface area is 146 Å². The average Bonchev–Trinajstić information content (AvgIpc) is 2.60. The molecule has 0 aliphatic heterocycles. The molecule has 0 aromatic carbocycles. The van der Waals surface area contributed by atoms with Gasteiger partial charge in [0.1, 0.15) is 0 Å². The highest BCUT2D eigenvalue weighted by Crippen LogP contribution is 2.37. The third kappa shape index (κ3) is 7.59. The Hall–Kier alpha value is -0.0400. The Morgan fingerprint density at radius 2 is 1.13 bits per heavy atom. The van der Waals surface area contributed by atoms with E-state index in [0.717, 1.165) is 24.4 Å². The molecule has 2 saturated carbocycles. The molecule has 0 radical (unpaired) electrons. The SMILES string of the molecule is CCCCCC1CCC(CCC2CCC(OCCC)CC2)CC1. The van der Waals surface area contributed by atoms with Crippen LogP contribution in [0.1, 0.15) is 110 Å². The molecule has 0 unspecified atom stereocenters.